The quantitative estimate of drug-likeness (QED) is 0.381. The fraction of sp³-hybridized carbons (Fsp3) is 0.500. The molecule has 1 heterocycles. The monoisotopic (exact) mass is 360 g/mol. The molecule has 4 atom stereocenters. The molecule has 1 aliphatic rings. The lowest BCUT2D eigenvalue weighted by Gasteiger charge is -2.34. The van der Waals surface area contributed by atoms with Crippen LogP contribution < -0.4 is 0 Å². The van der Waals surface area contributed by atoms with Gasteiger partial charge in [-0.3, -0.25) is 4.79 Å². The van der Waals surface area contributed by atoms with Crippen molar-refractivity contribution >= 4 is 12.3 Å². The van der Waals surface area contributed by atoms with Crippen LogP contribution in [0.2, 0.25) is 0 Å². The number of ether oxygens (including phenoxy) is 4. The van der Waals surface area contributed by atoms with Gasteiger partial charge in [-0.1, -0.05) is 36.3 Å². The van der Waals surface area contributed by atoms with E-state index in [4.69, 9.17) is 20.6 Å². The zero-order valence-corrected chi connectivity index (χ0v) is 14.8. The predicted molar refractivity (Wildman–Crippen MR) is 94.2 cm³/mol. The third-order valence-corrected chi connectivity index (χ3v) is 4.15. The molecule has 0 amide bonds. The van der Waals surface area contributed by atoms with Gasteiger partial charge < -0.3 is 23.7 Å². The first-order valence-electron chi connectivity index (χ1n) is 8.57. The van der Waals surface area contributed by atoms with E-state index in [-0.39, 0.29) is 25.1 Å². The highest BCUT2D eigenvalue weighted by Gasteiger charge is 2.34. The average molecular weight is 360 g/mol. The van der Waals surface area contributed by atoms with E-state index in [0.717, 1.165) is 5.56 Å². The van der Waals surface area contributed by atoms with Crippen LogP contribution in [0.25, 0.3) is 0 Å². The highest BCUT2D eigenvalue weighted by molar-refractivity contribution is 5.69. The van der Waals surface area contributed by atoms with Crippen molar-refractivity contribution < 1.29 is 28.5 Å². The summed E-state index contributed by atoms with van der Waals surface area (Å²) in [5.41, 5.74) is 1.04. The van der Waals surface area contributed by atoms with Crippen molar-refractivity contribution in [2.45, 2.75) is 50.3 Å². The van der Waals surface area contributed by atoms with E-state index in [0.29, 0.717) is 25.7 Å². The molecule has 0 aromatic heterocycles. The van der Waals surface area contributed by atoms with Crippen LogP contribution in [0.5, 0.6) is 0 Å². The van der Waals surface area contributed by atoms with Crippen molar-refractivity contribution in [1.82, 2.24) is 0 Å². The average Bonchev–Trinajstić information content (AvgIpc) is 2.68. The topological polar surface area (TPSA) is 71.1 Å². The summed E-state index contributed by atoms with van der Waals surface area (Å²) in [6.07, 6.45) is 5.34. The van der Waals surface area contributed by atoms with Crippen LogP contribution in [0.1, 0.15) is 24.8 Å². The lowest BCUT2D eigenvalue weighted by Crippen LogP contribution is -2.44. The van der Waals surface area contributed by atoms with Crippen LogP contribution in [0.4, 0.5) is 0 Å². The van der Waals surface area contributed by atoms with Gasteiger partial charge in [-0.15, -0.1) is 6.42 Å². The summed E-state index contributed by atoms with van der Waals surface area (Å²) in [5.74, 6) is 2.17. The highest BCUT2D eigenvalue weighted by atomic mass is 16.6. The summed E-state index contributed by atoms with van der Waals surface area (Å²) < 4.78 is 21.7. The zero-order chi connectivity index (χ0) is 18.8. The van der Waals surface area contributed by atoms with Gasteiger partial charge in [0.05, 0.1) is 39.0 Å². The maximum Gasteiger partial charge on any atom is 0.308 e. The minimum atomic E-state index is -0.761. The summed E-state index contributed by atoms with van der Waals surface area (Å²) in [4.78, 5) is 22.7. The molecule has 2 rings (SSSR count). The number of benzene rings is 1. The van der Waals surface area contributed by atoms with Gasteiger partial charge >= 0.3 is 5.97 Å². The van der Waals surface area contributed by atoms with E-state index in [1.165, 1.54) is 7.11 Å². The van der Waals surface area contributed by atoms with E-state index in [1.54, 1.807) is 0 Å². The van der Waals surface area contributed by atoms with Gasteiger partial charge in [0, 0.05) is 0 Å². The van der Waals surface area contributed by atoms with E-state index in [9.17, 15) is 9.59 Å². The number of terminal acetylenes is 1. The third-order valence-electron chi connectivity index (χ3n) is 4.15. The molecule has 6 heteroatoms. The molecular weight excluding hydrogens is 336 g/mol. The first-order chi connectivity index (χ1) is 12.7. The van der Waals surface area contributed by atoms with Crippen LogP contribution in [-0.2, 0) is 35.1 Å². The van der Waals surface area contributed by atoms with Gasteiger partial charge in [-0.05, 0) is 18.4 Å². The van der Waals surface area contributed by atoms with Gasteiger partial charge in [0.25, 0.3) is 0 Å². The summed E-state index contributed by atoms with van der Waals surface area (Å²) in [5, 5.41) is 0. The molecule has 0 aliphatic carbocycles. The normalized spacial score (nSPS) is 23.6. The van der Waals surface area contributed by atoms with Crippen LogP contribution in [0.3, 0.4) is 0 Å². The molecule has 6 nitrogen and oxygen atoms in total. The Balaban J connectivity index is 1.80. The molecule has 1 aliphatic heterocycles. The van der Waals surface area contributed by atoms with Crippen molar-refractivity contribution in [2.75, 3.05) is 13.7 Å². The molecule has 1 aromatic carbocycles. The molecule has 26 heavy (non-hydrogen) atoms. The highest BCUT2D eigenvalue weighted by Crippen LogP contribution is 2.24. The first kappa shape index (κ1) is 20.1. The summed E-state index contributed by atoms with van der Waals surface area (Å²) in [7, 11) is 1.32. The fourth-order valence-electron chi connectivity index (χ4n) is 2.77. The lowest BCUT2D eigenvalue weighted by molar-refractivity contribution is -0.170. The van der Waals surface area contributed by atoms with Crippen LogP contribution in [-0.4, -0.2) is 50.4 Å². The number of esters is 1. The largest absolute Gasteiger partial charge is 0.469 e. The molecule has 1 aromatic rings. The molecule has 1 saturated heterocycles. The number of hydrogen-bond donors (Lipinski definition) is 0. The van der Waals surface area contributed by atoms with Crippen LogP contribution in [0, 0.1) is 12.3 Å². The van der Waals surface area contributed by atoms with Gasteiger partial charge in [-0.25, -0.2) is 0 Å². The second kappa shape index (κ2) is 10.7. The Labute approximate surface area is 153 Å². The Morgan fingerprint density at radius 1 is 1.38 bits per heavy atom. The van der Waals surface area contributed by atoms with E-state index < -0.39 is 18.3 Å². The Bertz CT molecular complexity index is 608. The Hall–Kier alpha value is -2.20. The maximum atomic E-state index is 11.4. The second-order valence-corrected chi connectivity index (χ2v) is 6.05. The van der Waals surface area contributed by atoms with E-state index >= 15 is 0 Å². The fourth-order valence-corrected chi connectivity index (χ4v) is 2.77. The molecule has 0 bridgehead atoms. The summed E-state index contributed by atoms with van der Waals surface area (Å²) in [6, 6.07) is 9.74. The standard InChI is InChI=1S/C20H24O6/c1-3-16(14-24-13-15-7-5-4-6-8-15)25-18-10-9-17(11-20(22)23-2)26-19(18)12-21/h1,4-8,12,16-19H,9-11,13-14H2,2H3/t16-,17-,18+,19-/m1/s1. The van der Waals surface area contributed by atoms with Crippen LogP contribution >= 0.6 is 0 Å². The number of hydrogen-bond acceptors (Lipinski definition) is 6. The molecule has 0 saturated carbocycles. The SMILES string of the molecule is C#C[C@H](COCc1ccccc1)O[C@H]1CC[C@H](CC(=O)OC)O[C@@H]1C=O. The molecule has 0 spiro atoms. The molecule has 1 fully saturated rings. The number of carbonyl (C=O) groups excluding carboxylic acids is 2. The van der Waals surface area contributed by atoms with Gasteiger partial charge in [0.15, 0.2) is 6.29 Å². The van der Waals surface area contributed by atoms with Crippen molar-refractivity contribution in [3.8, 4) is 12.3 Å². The minimum absolute atomic E-state index is 0.117. The lowest BCUT2D eigenvalue weighted by atomic mass is 9.99. The minimum Gasteiger partial charge on any atom is -0.469 e. The van der Waals surface area contributed by atoms with Gasteiger partial charge in [0.2, 0.25) is 0 Å². The molecule has 0 unspecified atom stereocenters. The number of methoxy groups -OCH3 is 1. The van der Waals surface area contributed by atoms with E-state index in [1.807, 2.05) is 30.3 Å². The number of aldehydes is 1. The molecular formula is C20H24O6. The zero-order valence-electron chi connectivity index (χ0n) is 14.8. The molecule has 0 N–H and O–H groups in total. The van der Waals surface area contributed by atoms with Gasteiger partial charge in [-0.2, -0.15) is 0 Å². The van der Waals surface area contributed by atoms with Crippen LogP contribution in [0.15, 0.2) is 30.3 Å². The summed E-state index contributed by atoms with van der Waals surface area (Å²) >= 11 is 0. The molecule has 0 radical (unpaired) electrons. The number of rotatable bonds is 9. The first-order valence-corrected chi connectivity index (χ1v) is 8.57. The second-order valence-electron chi connectivity index (χ2n) is 6.05. The predicted octanol–water partition coefficient (Wildman–Crippen LogP) is 1.90. The molecule has 140 valence electrons. The summed E-state index contributed by atoms with van der Waals surface area (Å²) in [6.45, 7) is 0.654. The maximum absolute atomic E-state index is 11.4. The smallest absolute Gasteiger partial charge is 0.308 e. The van der Waals surface area contributed by atoms with Gasteiger partial charge in [0.1, 0.15) is 12.2 Å². The van der Waals surface area contributed by atoms with E-state index in [2.05, 4.69) is 10.7 Å². The Morgan fingerprint density at radius 2 is 2.15 bits per heavy atom. The van der Waals surface area contributed by atoms with Crippen molar-refractivity contribution in [1.29, 1.82) is 0 Å². The van der Waals surface area contributed by atoms with Crippen molar-refractivity contribution in [3.63, 3.8) is 0 Å². The number of carbonyl (C=O) groups is 2. The van der Waals surface area contributed by atoms with Crippen molar-refractivity contribution in [2.24, 2.45) is 0 Å². The third kappa shape index (κ3) is 6.26. The Morgan fingerprint density at radius 3 is 2.81 bits per heavy atom. The van der Waals surface area contributed by atoms with Crippen molar-refractivity contribution in [3.05, 3.63) is 35.9 Å². The Kier molecular flexibility index (Phi) is 8.29.